The van der Waals surface area contributed by atoms with Crippen molar-refractivity contribution in [2.45, 2.75) is 44.0 Å². The zero-order valence-electron chi connectivity index (χ0n) is 12.6. The molecule has 1 aliphatic rings. The van der Waals surface area contributed by atoms with Crippen molar-refractivity contribution < 1.29 is 0 Å². The average molecular weight is 313 g/mol. The van der Waals surface area contributed by atoms with Crippen LogP contribution < -0.4 is 5.73 Å². The van der Waals surface area contributed by atoms with Gasteiger partial charge in [-0.3, -0.25) is 4.90 Å². The molecule has 2 nitrogen and oxygen atoms in total. The molecule has 0 aromatic heterocycles. The van der Waals surface area contributed by atoms with Crippen LogP contribution in [0.2, 0.25) is 5.02 Å². The quantitative estimate of drug-likeness (QED) is 0.916. The molecule has 20 heavy (non-hydrogen) atoms. The van der Waals surface area contributed by atoms with E-state index in [0.717, 1.165) is 18.1 Å². The third-order valence-electron chi connectivity index (χ3n) is 3.98. The van der Waals surface area contributed by atoms with Gasteiger partial charge in [-0.1, -0.05) is 37.6 Å². The first-order valence-corrected chi connectivity index (χ1v) is 8.64. The Hall–Kier alpha value is -0.220. The highest BCUT2D eigenvalue weighted by molar-refractivity contribution is 8.00. The molecule has 0 bridgehead atoms. The van der Waals surface area contributed by atoms with E-state index in [4.69, 9.17) is 17.3 Å². The summed E-state index contributed by atoms with van der Waals surface area (Å²) < 4.78 is 0.372. The number of nitrogens with zero attached hydrogens (tertiary/aromatic N) is 1. The van der Waals surface area contributed by atoms with Crippen molar-refractivity contribution in [1.29, 1.82) is 0 Å². The van der Waals surface area contributed by atoms with E-state index in [1.165, 1.54) is 17.7 Å². The molecule has 1 aromatic carbocycles. The van der Waals surface area contributed by atoms with Crippen molar-refractivity contribution in [2.24, 2.45) is 5.73 Å². The molecule has 2 atom stereocenters. The van der Waals surface area contributed by atoms with E-state index in [0.29, 0.717) is 4.75 Å². The maximum atomic E-state index is 6.27. The topological polar surface area (TPSA) is 29.3 Å². The second-order valence-electron chi connectivity index (χ2n) is 6.25. The first-order chi connectivity index (χ1) is 9.39. The Morgan fingerprint density at radius 3 is 2.50 bits per heavy atom. The standard InChI is InChI=1S/C16H25ClN2S/c1-12(18)15(13-4-6-14(17)7-5-13)19-9-8-16(2,3)20-11-10-19/h4-7,12,15H,8-11,18H2,1-3H3. The minimum absolute atomic E-state index is 0.113. The number of hydrogen-bond acceptors (Lipinski definition) is 3. The van der Waals surface area contributed by atoms with Gasteiger partial charge in [0.1, 0.15) is 0 Å². The second kappa shape index (κ2) is 6.69. The zero-order valence-corrected chi connectivity index (χ0v) is 14.2. The van der Waals surface area contributed by atoms with E-state index in [9.17, 15) is 0 Å². The van der Waals surface area contributed by atoms with Gasteiger partial charge in [-0.15, -0.1) is 0 Å². The summed E-state index contributed by atoms with van der Waals surface area (Å²) in [7, 11) is 0. The molecule has 1 aliphatic heterocycles. The molecule has 2 rings (SSSR count). The van der Waals surface area contributed by atoms with E-state index >= 15 is 0 Å². The summed E-state index contributed by atoms with van der Waals surface area (Å²) in [5.74, 6) is 1.17. The zero-order chi connectivity index (χ0) is 14.8. The molecule has 2 N–H and O–H groups in total. The molecule has 0 spiro atoms. The minimum Gasteiger partial charge on any atom is -0.326 e. The monoisotopic (exact) mass is 312 g/mol. The van der Waals surface area contributed by atoms with Crippen molar-refractivity contribution in [2.75, 3.05) is 18.8 Å². The number of benzene rings is 1. The Morgan fingerprint density at radius 2 is 1.90 bits per heavy atom. The van der Waals surface area contributed by atoms with Gasteiger partial charge in [-0.05, 0) is 31.0 Å². The summed E-state index contributed by atoms with van der Waals surface area (Å²) in [5.41, 5.74) is 7.55. The molecule has 0 aliphatic carbocycles. The average Bonchev–Trinajstić information content (AvgIpc) is 2.53. The Labute approximate surface area is 132 Å². The highest BCUT2D eigenvalue weighted by Crippen LogP contribution is 2.34. The Kier molecular flexibility index (Phi) is 5.41. The number of rotatable bonds is 3. The van der Waals surface area contributed by atoms with Crippen LogP contribution in [0.25, 0.3) is 0 Å². The van der Waals surface area contributed by atoms with Crippen LogP contribution in [-0.2, 0) is 0 Å². The second-order valence-corrected chi connectivity index (χ2v) is 8.49. The highest BCUT2D eigenvalue weighted by Gasteiger charge is 2.29. The highest BCUT2D eigenvalue weighted by atomic mass is 35.5. The summed E-state index contributed by atoms with van der Waals surface area (Å²) in [6, 6.07) is 8.54. The van der Waals surface area contributed by atoms with Crippen molar-refractivity contribution in [3.8, 4) is 0 Å². The molecule has 2 unspecified atom stereocenters. The van der Waals surface area contributed by atoms with Crippen LogP contribution in [0.4, 0.5) is 0 Å². The molecule has 1 heterocycles. The predicted molar refractivity (Wildman–Crippen MR) is 90.6 cm³/mol. The summed E-state index contributed by atoms with van der Waals surface area (Å²) in [5, 5.41) is 0.782. The molecule has 112 valence electrons. The van der Waals surface area contributed by atoms with Gasteiger partial charge in [0.15, 0.2) is 0 Å². The van der Waals surface area contributed by atoms with Gasteiger partial charge in [0.25, 0.3) is 0 Å². The lowest BCUT2D eigenvalue weighted by Gasteiger charge is -2.34. The Balaban J connectivity index is 2.18. The van der Waals surface area contributed by atoms with Crippen molar-refractivity contribution in [3.05, 3.63) is 34.9 Å². The third kappa shape index (κ3) is 4.14. The summed E-state index contributed by atoms with van der Waals surface area (Å²) in [6.45, 7) is 8.98. The SMILES string of the molecule is CC(N)C(c1ccc(Cl)cc1)N1CCSC(C)(C)CC1. The first kappa shape index (κ1) is 16.2. The van der Waals surface area contributed by atoms with E-state index in [1.807, 2.05) is 12.1 Å². The van der Waals surface area contributed by atoms with Crippen LogP contribution in [0.5, 0.6) is 0 Å². The lowest BCUT2D eigenvalue weighted by Crippen LogP contribution is -2.41. The fourth-order valence-electron chi connectivity index (χ4n) is 2.82. The third-order valence-corrected chi connectivity index (χ3v) is 5.60. The van der Waals surface area contributed by atoms with Crippen LogP contribution in [0.3, 0.4) is 0 Å². The van der Waals surface area contributed by atoms with Crippen molar-refractivity contribution in [3.63, 3.8) is 0 Å². The minimum atomic E-state index is 0.113. The molecule has 0 saturated carbocycles. The number of halogens is 1. The van der Waals surface area contributed by atoms with Gasteiger partial charge in [-0.25, -0.2) is 0 Å². The van der Waals surface area contributed by atoms with Crippen LogP contribution in [0.1, 0.15) is 38.8 Å². The van der Waals surface area contributed by atoms with E-state index in [-0.39, 0.29) is 12.1 Å². The molecule has 1 fully saturated rings. The number of nitrogens with two attached hydrogens (primary N) is 1. The molecule has 4 heteroatoms. The Morgan fingerprint density at radius 1 is 1.25 bits per heavy atom. The molecule has 1 aromatic rings. The van der Waals surface area contributed by atoms with Crippen molar-refractivity contribution in [1.82, 2.24) is 4.90 Å². The van der Waals surface area contributed by atoms with Crippen LogP contribution in [-0.4, -0.2) is 34.5 Å². The molecule has 0 amide bonds. The van der Waals surface area contributed by atoms with Gasteiger partial charge in [0.2, 0.25) is 0 Å². The van der Waals surface area contributed by atoms with E-state index in [1.54, 1.807) is 0 Å². The summed E-state index contributed by atoms with van der Waals surface area (Å²) >= 11 is 8.07. The first-order valence-electron chi connectivity index (χ1n) is 7.28. The van der Waals surface area contributed by atoms with Crippen molar-refractivity contribution >= 4 is 23.4 Å². The molecule has 0 radical (unpaired) electrons. The van der Waals surface area contributed by atoms with Gasteiger partial charge >= 0.3 is 0 Å². The maximum Gasteiger partial charge on any atom is 0.0496 e. The van der Waals surface area contributed by atoms with Gasteiger partial charge < -0.3 is 5.73 Å². The Bertz CT molecular complexity index is 431. The van der Waals surface area contributed by atoms with Crippen LogP contribution >= 0.6 is 23.4 Å². The smallest absolute Gasteiger partial charge is 0.0496 e. The van der Waals surface area contributed by atoms with Gasteiger partial charge in [-0.2, -0.15) is 11.8 Å². The molecule has 1 saturated heterocycles. The predicted octanol–water partition coefficient (Wildman–Crippen LogP) is 3.95. The van der Waals surface area contributed by atoms with E-state index < -0.39 is 0 Å². The lowest BCUT2D eigenvalue weighted by molar-refractivity contribution is 0.184. The molecular weight excluding hydrogens is 288 g/mol. The van der Waals surface area contributed by atoms with Crippen LogP contribution in [0, 0.1) is 0 Å². The number of thioether (sulfide) groups is 1. The maximum absolute atomic E-state index is 6.27. The fourth-order valence-corrected chi connectivity index (χ4v) is 4.06. The van der Waals surface area contributed by atoms with Crippen LogP contribution in [0.15, 0.2) is 24.3 Å². The molecular formula is C16H25ClN2S. The van der Waals surface area contributed by atoms with Gasteiger partial charge in [0.05, 0.1) is 0 Å². The van der Waals surface area contributed by atoms with E-state index in [2.05, 4.69) is 49.6 Å². The summed E-state index contributed by atoms with van der Waals surface area (Å²) in [6.07, 6.45) is 1.20. The summed E-state index contributed by atoms with van der Waals surface area (Å²) in [4.78, 5) is 2.54. The fraction of sp³-hybridized carbons (Fsp3) is 0.625. The largest absolute Gasteiger partial charge is 0.326 e. The normalized spacial score (nSPS) is 23.1. The lowest BCUT2D eigenvalue weighted by atomic mass is 9.98. The number of hydrogen-bond donors (Lipinski definition) is 1. The van der Waals surface area contributed by atoms with Gasteiger partial charge in [0, 0.05) is 40.7 Å².